The van der Waals surface area contributed by atoms with Gasteiger partial charge >= 0.3 is 0 Å². The number of fused-ring (bicyclic) bond motifs is 1. The van der Waals surface area contributed by atoms with E-state index in [9.17, 15) is 8.78 Å². The number of rotatable bonds is 1. The molecule has 7 heteroatoms. The predicted molar refractivity (Wildman–Crippen MR) is 73.9 cm³/mol. The van der Waals surface area contributed by atoms with Crippen LogP contribution in [0.2, 0.25) is 0 Å². The standard InChI is InChI=1S/C12H6BrF2N3S/c13-6-4-8(15)10(5-7(6)14)18-11-9(17-12(18)19)2-1-3-16-11/h1-5H,(H,17,19). The Morgan fingerprint density at radius 1 is 1.26 bits per heavy atom. The van der Waals surface area contributed by atoms with Crippen molar-refractivity contribution in [1.82, 2.24) is 14.5 Å². The van der Waals surface area contributed by atoms with Crippen LogP contribution in [0.1, 0.15) is 0 Å². The SMILES string of the molecule is Fc1cc(-n2c(=S)[nH]c3cccnc32)c(F)cc1Br. The van der Waals surface area contributed by atoms with E-state index < -0.39 is 11.6 Å². The van der Waals surface area contributed by atoms with Crippen LogP contribution < -0.4 is 0 Å². The summed E-state index contributed by atoms with van der Waals surface area (Å²) in [5, 5.41) is 0. The Labute approximate surface area is 120 Å². The average Bonchev–Trinajstić information content (AvgIpc) is 2.70. The molecule has 3 aromatic rings. The highest BCUT2D eigenvalue weighted by molar-refractivity contribution is 9.10. The number of benzene rings is 1. The lowest BCUT2D eigenvalue weighted by Crippen LogP contribution is -2.00. The zero-order valence-corrected chi connectivity index (χ0v) is 11.7. The Morgan fingerprint density at radius 2 is 2.05 bits per heavy atom. The first kappa shape index (κ1) is 12.4. The first-order valence-electron chi connectivity index (χ1n) is 5.28. The molecule has 0 saturated heterocycles. The van der Waals surface area contributed by atoms with Crippen LogP contribution in [0, 0.1) is 16.4 Å². The van der Waals surface area contributed by atoms with Gasteiger partial charge in [-0.25, -0.2) is 13.8 Å². The Balaban J connectivity index is 2.40. The van der Waals surface area contributed by atoms with Gasteiger partial charge in [0, 0.05) is 12.3 Å². The number of hydrogen-bond donors (Lipinski definition) is 1. The summed E-state index contributed by atoms with van der Waals surface area (Å²) in [5.74, 6) is -1.15. The van der Waals surface area contributed by atoms with Crippen LogP contribution in [0.3, 0.4) is 0 Å². The molecule has 0 spiro atoms. The molecule has 0 aliphatic heterocycles. The molecule has 0 saturated carbocycles. The van der Waals surface area contributed by atoms with Gasteiger partial charge in [-0.2, -0.15) is 0 Å². The number of aromatic amines is 1. The quantitative estimate of drug-likeness (QED) is 0.533. The number of pyridine rings is 1. The van der Waals surface area contributed by atoms with Crippen LogP contribution in [-0.4, -0.2) is 14.5 Å². The van der Waals surface area contributed by atoms with Gasteiger partial charge < -0.3 is 4.98 Å². The minimum Gasteiger partial charge on any atom is -0.329 e. The van der Waals surface area contributed by atoms with Crippen LogP contribution in [-0.2, 0) is 0 Å². The van der Waals surface area contributed by atoms with Crippen molar-refractivity contribution >= 4 is 39.3 Å². The molecule has 1 aromatic carbocycles. The third kappa shape index (κ3) is 1.98. The molecule has 0 atom stereocenters. The molecule has 0 radical (unpaired) electrons. The third-order valence-corrected chi connectivity index (χ3v) is 3.57. The van der Waals surface area contributed by atoms with Gasteiger partial charge in [-0.15, -0.1) is 0 Å². The Hall–Kier alpha value is -1.60. The molecule has 1 N–H and O–H groups in total. The second-order valence-electron chi connectivity index (χ2n) is 3.86. The molecule has 0 amide bonds. The number of nitrogens with zero attached hydrogens (tertiary/aromatic N) is 2. The Kier molecular flexibility index (Phi) is 2.94. The molecule has 0 aliphatic carbocycles. The van der Waals surface area contributed by atoms with Crippen molar-refractivity contribution in [1.29, 1.82) is 0 Å². The van der Waals surface area contributed by atoms with E-state index in [-0.39, 0.29) is 14.9 Å². The van der Waals surface area contributed by atoms with Crippen LogP contribution in [0.25, 0.3) is 16.9 Å². The van der Waals surface area contributed by atoms with Gasteiger partial charge in [0.25, 0.3) is 0 Å². The lowest BCUT2D eigenvalue weighted by Gasteiger charge is -2.06. The summed E-state index contributed by atoms with van der Waals surface area (Å²) in [6, 6.07) is 5.64. The lowest BCUT2D eigenvalue weighted by atomic mass is 10.3. The van der Waals surface area contributed by atoms with Gasteiger partial charge in [0.1, 0.15) is 11.6 Å². The molecule has 0 fully saturated rings. The molecule has 0 bridgehead atoms. The zero-order valence-electron chi connectivity index (χ0n) is 9.32. The maximum absolute atomic E-state index is 14.0. The van der Waals surface area contributed by atoms with Crippen LogP contribution in [0.4, 0.5) is 8.78 Å². The lowest BCUT2D eigenvalue weighted by molar-refractivity contribution is 0.587. The van der Waals surface area contributed by atoms with Gasteiger partial charge in [0.15, 0.2) is 10.4 Å². The second kappa shape index (κ2) is 4.50. The van der Waals surface area contributed by atoms with E-state index in [0.29, 0.717) is 11.2 Å². The summed E-state index contributed by atoms with van der Waals surface area (Å²) in [5.41, 5.74) is 1.14. The Morgan fingerprint density at radius 3 is 2.84 bits per heavy atom. The monoisotopic (exact) mass is 341 g/mol. The fourth-order valence-corrected chi connectivity index (χ4v) is 2.46. The molecule has 0 aliphatic rings. The zero-order chi connectivity index (χ0) is 13.6. The minimum atomic E-state index is -0.587. The molecular formula is C12H6BrF2N3S. The van der Waals surface area contributed by atoms with Crippen LogP contribution in [0.15, 0.2) is 34.9 Å². The number of hydrogen-bond acceptors (Lipinski definition) is 2. The minimum absolute atomic E-state index is 0.0238. The van der Waals surface area contributed by atoms with Crippen molar-refractivity contribution in [3.8, 4) is 5.69 Å². The van der Waals surface area contributed by atoms with Crippen LogP contribution in [0.5, 0.6) is 0 Å². The highest BCUT2D eigenvalue weighted by Gasteiger charge is 2.14. The van der Waals surface area contributed by atoms with E-state index in [1.54, 1.807) is 18.3 Å². The fourth-order valence-electron chi connectivity index (χ4n) is 1.85. The number of nitrogens with one attached hydrogen (secondary N) is 1. The number of imidazole rings is 1. The summed E-state index contributed by atoms with van der Waals surface area (Å²) in [7, 11) is 0. The molecule has 2 aromatic heterocycles. The number of halogens is 3. The molecule has 3 rings (SSSR count). The average molecular weight is 342 g/mol. The molecular weight excluding hydrogens is 336 g/mol. The number of H-pyrrole nitrogens is 1. The molecule has 3 nitrogen and oxygen atoms in total. The van der Waals surface area contributed by atoms with Crippen molar-refractivity contribution in [3.63, 3.8) is 0 Å². The third-order valence-electron chi connectivity index (χ3n) is 2.67. The van der Waals surface area contributed by atoms with Crippen molar-refractivity contribution in [2.45, 2.75) is 0 Å². The summed E-state index contributed by atoms with van der Waals surface area (Å²) in [4.78, 5) is 7.04. The van der Waals surface area contributed by atoms with Gasteiger partial charge in [-0.3, -0.25) is 4.57 Å². The van der Waals surface area contributed by atoms with Crippen molar-refractivity contribution in [2.24, 2.45) is 0 Å². The van der Waals surface area contributed by atoms with Gasteiger partial charge in [0.05, 0.1) is 15.7 Å². The van der Waals surface area contributed by atoms with E-state index in [4.69, 9.17) is 12.2 Å². The number of aromatic nitrogens is 3. The molecule has 0 unspecified atom stereocenters. The maximum atomic E-state index is 14.0. The molecule has 19 heavy (non-hydrogen) atoms. The van der Waals surface area contributed by atoms with E-state index in [2.05, 4.69) is 25.9 Å². The first-order chi connectivity index (χ1) is 9.08. The first-order valence-corrected chi connectivity index (χ1v) is 6.48. The van der Waals surface area contributed by atoms with E-state index in [1.165, 1.54) is 4.57 Å². The second-order valence-corrected chi connectivity index (χ2v) is 5.10. The highest BCUT2D eigenvalue weighted by Crippen LogP contribution is 2.25. The fraction of sp³-hybridized carbons (Fsp3) is 0. The van der Waals surface area contributed by atoms with E-state index >= 15 is 0 Å². The van der Waals surface area contributed by atoms with Crippen molar-refractivity contribution in [2.75, 3.05) is 0 Å². The maximum Gasteiger partial charge on any atom is 0.184 e. The molecule has 96 valence electrons. The van der Waals surface area contributed by atoms with Gasteiger partial charge in [0.2, 0.25) is 0 Å². The summed E-state index contributed by atoms with van der Waals surface area (Å²) >= 11 is 8.08. The highest BCUT2D eigenvalue weighted by atomic mass is 79.9. The van der Waals surface area contributed by atoms with E-state index in [1.807, 2.05) is 0 Å². The van der Waals surface area contributed by atoms with Gasteiger partial charge in [-0.05, 0) is 46.3 Å². The molecule has 2 heterocycles. The van der Waals surface area contributed by atoms with Crippen molar-refractivity contribution < 1.29 is 8.78 Å². The Bertz CT molecular complexity index is 841. The predicted octanol–water partition coefficient (Wildman–Crippen LogP) is 4.12. The largest absolute Gasteiger partial charge is 0.329 e. The summed E-state index contributed by atoms with van der Waals surface area (Å²) < 4.78 is 29.3. The van der Waals surface area contributed by atoms with Gasteiger partial charge in [-0.1, -0.05) is 0 Å². The summed E-state index contributed by atoms with van der Waals surface area (Å²) in [6.45, 7) is 0. The smallest absolute Gasteiger partial charge is 0.184 e. The topological polar surface area (TPSA) is 33.6 Å². The van der Waals surface area contributed by atoms with Crippen LogP contribution >= 0.6 is 28.1 Å². The van der Waals surface area contributed by atoms with E-state index in [0.717, 1.165) is 12.1 Å². The van der Waals surface area contributed by atoms with Crippen molar-refractivity contribution in [3.05, 3.63) is 51.3 Å². The summed E-state index contributed by atoms with van der Waals surface area (Å²) in [6.07, 6.45) is 1.56. The normalized spacial score (nSPS) is 11.1.